The van der Waals surface area contributed by atoms with Gasteiger partial charge in [0, 0.05) is 43.8 Å². The molecule has 3 heterocycles. The van der Waals surface area contributed by atoms with E-state index in [2.05, 4.69) is 19.9 Å². The number of rotatable bonds is 4. The highest BCUT2D eigenvalue weighted by Gasteiger charge is 2.28. The van der Waals surface area contributed by atoms with Gasteiger partial charge in [0.05, 0.1) is 18.8 Å². The van der Waals surface area contributed by atoms with Gasteiger partial charge in [-0.1, -0.05) is 12.1 Å². The summed E-state index contributed by atoms with van der Waals surface area (Å²) in [4.78, 5) is 22.4. The van der Waals surface area contributed by atoms with Crippen molar-refractivity contribution in [2.24, 2.45) is 0 Å². The van der Waals surface area contributed by atoms with Crippen LogP contribution in [0, 0.1) is 19.7 Å². The van der Waals surface area contributed by atoms with Crippen LogP contribution in [0.25, 0.3) is 11.1 Å². The third kappa shape index (κ3) is 4.23. The Hall–Kier alpha value is -3.13. The third-order valence-electron chi connectivity index (χ3n) is 4.99. The molecule has 1 aromatic carbocycles. The highest BCUT2D eigenvalue weighted by Crippen LogP contribution is 2.32. The van der Waals surface area contributed by atoms with Crippen molar-refractivity contribution in [1.29, 1.82) is 0 Å². The summed E-state index contributed by atoms with van der Waals surface area (Å²) < 4.78 is 19.6. The van der Waals surface area contributed by atoms with Gasteiger partial charge < -0.3 is 14.5 Å². The van der Waals surface area contributed by atoms with Crippen LogP contribution >= 0.6 is 0 Å². The van der Waals surface area contributed by atoms with Gasteiger partial charge in [0.1, 0.15) is 11.9 Å². The molecule has 2 aromatic heterocycles. The predicted molar refractivity (Wildman–Crippen MR) is 114 cm³/mol. The number of hydrogen-bond acceptors (Lipinski definition) is 7. The first-order chi connectivity index (χ1) is 14.4. The Morgan fingerprint density at radius 2 is 1.77 bits per heavy atom. The van der Waals surface area contributed by atoms with Crippen LogP contribution in [0.2, 0.25) is 0 Å². The zero-order chi connectivity index (χ0) is 21.3. The number of ether oxygens (including phenoxy) is 1. The Morgan fingerprint density at radius 3 is 2.43 bits per heavy atom. The van der Waals surface area contributed by atoms with Crippen molar-refractivity contribution in [2.75, 3.05) is 43.6 Å². The Kier molecular flexibility index (Phi) is 5.59. The predicted octanol–water partition coefficient (Wildman–Crippen LogP) is 3.33. The summed E-state index contributed by atoms with van der Waals surface area (Å²) in [7, 11) is 3.79. The molecule has 1 atom stereocenters. The molecule has 8 heteroatoms. The van der Waals surface area contributed by atoms with Crippen LogP contribution in [0.5, 0.6) is 0 Å². The number of nitrogens with zero attached hydrogens (tertiary/aromatic N) is 6. The summed E-state index contributed by atoms with van der Waals surface area (Å²) in [5.74, 6) is 1.02. The summed E-state index contributed by atoms with van der Waals surface area (Å²) in [6.45, 7) is 5.75. The number of hydrogen-bond donors (Lipinski definition) is 0. The van der Waals surface area contributed by atoms with Crippen LogP contribution in [0.4, 0.5) is 16.3 Å². The average Bonchev–Trinajstić information content (AvgIpc) is 2.73. The molecule has 0 aliphatic carbocycles. The van der Waals surface area contributed by atoms with E-state index in [0.29, 0.717) is 31.6 Å². The minimum Gasteiger partial charge on any atom is -0.368 e. The number of halogens is 1. The molecule has 30 heavy (non-hydrogen) atoms. The van der Waals surface area contributed by atoms with Crippen LogP contribution in [-0.4, -0.2) is 53.7 Å². The smallest absolute Gasteiger partial charge is 0.225 e. The molecular weight excluding hydrogens is 383 g/mol. The highest BCUT2D eigenvalue weighted by atomic mass is 19.1. The molecule has 0 spiro atoms. The second-order valence-electron chi connectivity index (χ2n) is 7.63. The van der Waals surface area contributed by atoms with Gasteiger partial charge in [0.25, 0.3) is 0 Å². The van der Waals surface area contributed by atoms with Crippen molar-refractivity contribution in [2.45, 2.75) is 20.0 Å². The van der Waals surface area contributed by atoms with E-state index < -0.39 is 0 Å². The quantitative estimate of drug-likeness (QED) is 0.656. The highest BCUT2D eigenvalue weighted by molar-refractivity contribution is 5.66. The topological polar surface area (TPSA) is 67.3 Å². The third-order valence-corrected chi connectivity index (χ3v) is 4.99. The SMILES string of the molecule is Cc1cc(C)nc(N2CCO[C@@H](c3nc(N(C)C)ncc3-c3ccc(F)cc3)C2)n1. The summed E-state index contributed by atoms with van der Waals surface area (Å²) in [6, 6.07) is 8.32. The Labute approximate surface area is 175 Å². The number of aromatic nitrogens is 4. The molecule has 0 saturated carbocycles. The molecule has 0 unspecified atom stereocenters. The monoisotopic (exact) mass is 408 g/mol. The van der Waals surface area contributed by atoms with Gasteiger partial charge >= 0.3 is 0 Å². The fourth-order valence-corrected chi connectivity index (χ4v) is 3.54. The van der Waals surface area contributed by atoms with Crippen molar-refractivity contribution in [3.05, 3.63) is 59.4 Å². The largest absolute Gasteiger partial charge is 0.368 e. The second kappa shape index (κ2) is 8.31. The Balaban J connectivity index is 1.72. The minimum absolute atomic E-state index is 0.279. The fraction of sp³-hybridized carbons (Fsp3) is 0.364. The molecule has 1 aliphatic heterocycles. The van der Waals surface area contributed by atoms with E-state index in [0.717, 1.165) is 28.2 Å². The maximum atomic E-state index is 13.4. The van der Waals surface area contributed by atoms with Crippen LogP contribution in [0.1, 0.15) is 23.2 Å². The van der Waals surface area contributed by atoms with Gasteiger partial charge in [-0.25, -0.2) is 24.3 Å². The average molecular weight is 408 g/mol. The molecule has 156 valence electrons. The van der Waals surface area contributed by atoms with Gasteiger partial charge in [-0.2, -0.15) is 0 Å². The molecule has 1 fully saturated rings. The van der Waals surface area contributed by atoms with Gasteiger partial charge in [-0.05, 0) is 37.6 Å². The summed E-state index contributed by atoms with van der Waals surface area (Å²) >= 11 is 0. The molecule has 4 rings (SSSR count). The molecule has 0 N–H and O–H groups in total. The van der Waals surface area contributed by atoms with Crippen LogP contribution in [0.15, 0.2) is 36.5 Å². The molecule has 0 radical (unpaired) electrons. The van der Waals surface area contributed by atoms with Crippen molar-refractivity contribution >= 4 is 11.9 Å². The van der Waals surface area contributed by atoms with E-state index in [1.807, 2.05) is 38.9 Å². The maximum Gasteiger partial charge on any atom is 0.225 e. The summed E-state index contributed by atoms with van der Waals surface area (Å²) in [5, 5.41) is 0. The van der Waals surface area contributed by atoms with E-state index >= 15 is 0 Å². The lowest BCUT2D eigenvalue weighted by molar-refractivity contribution is 0.0368. The van der Waals surface area contributed by atoms with E-state index in [1.54, 1.807) is 18.3 Å². The normalized spacial score (nSPS) is 16.6. The fourth-order valence-electron chi connectivity index (χ4n) is 3.54. The first-order valence-electron chi connectivity index (χ1n) is 9.90. The van der Waals surface area contributed by atoms with E-state index in [4.69, 9.17) is 9.72 Å². The van der Waals surface area contributed by atoms with Gasteiger partial charge in [0.2, 0.25) is 11.9 Å². The van der Waals surface area contributed by atoms with Gasteiger partial charge in [0.15, 0.2) is 0 Å². The molecule has 0 amide bonds. The Bertz CT molecular complexity index is 1020. The zero-order valence-corrected chi connectivity index (χ0v) is 17.6. The van der Waals surface area contributed by atoms with Crippen molar-refractivity contribution in [1.82, 2.24) is 19.9 Å². The molecule has 1 aliphatic rings. The van der Waals surface area contributed by atoms with Crippen LogP contribution in [-0.2, 0) is 4.74 Å². The zero-order valence-electron chi connectivity index (χ0n) is 17.6. The van der Waals surface area contributed by atoms with Crippen LogP contribution in [0.3, 0.4) is 0 Å². The Morgan fingerprint density at radius 1 is 1.07 bits per heavy atom. The summed E-state index contributed by atoms with van der Waals surface area (Å²) in [6.07, 6.45) is 1.49. The lowest BCUT2D eigenvalue weighted by atomic mass is 10.0. The number of benzene rings is 1. The standard InChI is InChI=1S/C22H25FN6O/c1-14-11-15(2)26-22(25-14)29-9-10-30-19(13-29)20-18(12-24-21(27-20)28(3)4)16-5-7-17(23)8-6-16/h5-8,11-12,19H,9-10,13H2,1-4H3/t19-/m1/s1. The van der Waals surface area contributed by atoms with Crippen LogP contribution < -0.4 is 9.80 Å². The maximum absolute atomic E-state index is 13.4. The van der Waals surface area contributed by atoms with Crippen molar-refractivity contribution < 1.29 is 9.13 Å². The van der Waals surface area contributed by atoms with E-state index in [9.17, 15) is 4.39 Å². The van der Waals surface area contributed by atoms with Crippen molar-refractivity contribution in [3.8, 4) is 11.1 Å². The molecule has 0 bridgehead atoms. The summed E-state index contributed by atoms with van der Waals surface area (Å²) in [5.41, 5.74) is 4.32. The second-order valence-corrected chi connectivity index (χ2v) is 7.63. The first-order valence-corrected chi connectivity index (χ1v) is 9.90. The molecular formula is C22H25FN6O. The lowest BCUT2D eigenvalue weighted by Crippen LogP contribution is -2.40. The lowest BCUT2D eigenvalue weighted by Gasteiger charge is -2.33. The van der Waals surface area contributed by atoms with Gasteiger partial charge in [-0.15, -0.1) is 0 Å². The number of anilines is 2. The van der Waals surface area contributed by atoms with E-state index in [-0.39, 0.29) is 11.9 Å². The molecule has 7 nitrogen and oxygen atoms in total. The first kappa shape index (κ1) is 20.2. The minimum atomic E-state index is -0.287. The van der Waals surface area contributed by atoms with Crippen molar-refractivity contribution in [3.63, 3.8) is 0 Å². The van der Waals surface area contributed by atoms with E-state index in [1.165, 1.54) is 12.1 Å². The van der Waals surface area contributed by atoms with Gasteiger partial charge in [-0.3, -0.25) is 0 Å². The number of morpholine rings is 1. The molecule has 3 aromatic rings. The number of aryl methyl sites for hydroxylation is 2. The molecule has 1 saturated heterocycles.